The Balaban J connectivity index is 1.91. The number of benzene rings is 2. The maximum atomic E-state index is 12.9. The molecule has 120 valence electrons. The molecule has 1 aliphatic carbocycles. The monoisotopic (exact) mass is 308 g/mol. The Morgan fingerprint density at radius 1 is 1.13 bits per heavy atom. The highest BCUT2D eigenvalue weighted by Gasteiger charge is 2.55. The molecule has 1 aliphatic rings. The lowest BCUT2D eigenvalue weighted by Crippen LogP contribution is -2.15. The molecule has 0 saturated heterocycles. The van der Waals surface area contributed by atoms with Crippen LogP contribution in [0.5, 0.6) is 5.75 Å². The second-order valence-electron chi connectivity index (χ2n) is 7.89. The van der Waals surface area contributed by atoms with Crippen molar-refractivity contribution in [3.63, 3.8) is 0 Å². The molecule has 0 unspecified atom stereocenters. The lowest BCUT2D eigenvalue weighted by atomic mass is 9.84. The Kier molecular flexibility index (Phi) is 3.59. The molecule has 2 aromatic rings. The first-order valence-corrected chi connectivity index (χ1v) is 8.17. The minimum absolute atomic E-state index is 0.0466. The van der Waals surface area contributed by atoms with Gasteiger partial charge in [0.25, 0.3) is 0 Å². The van der Waals surface area contributed by atoms with Crippen LogP contribution < -0.4 is 0 Å². The molecule has 1 N–H and O–H groups in total. The van der Waals surface area contributed by atoms with Crippen molar-refractivity contribution in [3.8, 4) is 5.75 Å². The molecule has 2 heteroatoms. The number of ketones is 1. The highest BCUT2D eigenvalue weighted by atomic mass is 16.3. The lowest BCUT2D eigenvalue weighted by molar-refractivity contribution is 0.0956. The SMILES string of the molecule is CC(C)(C)c1ccc(O)c(C(=O)[C@H]2C[C@]2(C)c2ccccc2)c1. The van der Waals surface area contributed by atoms with Gasteiger partial charge in [-0.1, -0.05) is 64.1 Å². The van der Waals surface area contributed by atoms with E-state index in [1.807, 2.05) is 30.3 Å². The summed E-state index contributed by atoms with van der Waals surface area (Å²) in [5.41, 5.74) is 2.57. The Hall–Kier alpha value is -2.09. The third kappa shape index (κ3) is 2.78. The van der Waals surface area contributed by atoms with E-state index in [0.717, 1.165) is 12.0 Å². The van der Waals surface area contributed by atoms with Gasteiger partial charge < -0.3 is 5.11 Å². The average Bonchev–Trinajstić information content (AvgIpc) is 3.20. The number of hydrogen-bond donors (Lipinski definition) is 1. The molecule has 0 radical (unpaired) electrons. The van der Waals surface area contributed by atoms with Crippen molar-refractivity contribution in [3.05, 3.63) is 65.2 Å². The summed E-state index contributed by atoms with van der Waals surface area (Å²) in [6, 6.07) is 15.6. The van der Waals surface area contributed by atoms with Gasteiger partial charge >= 0.3 is 0 Å². The minimum Gasteiger partial charge on any atom is -0.507 e. The number of phenolic OH excluding ortho intramolecular Hbond substituents is 1. The fraction of sp³-hybridized carbons (Fsp3) is 0.381. The first-order valence-electron chi connectivity index (χ1n) is 8.17. The Bertz CT molecular complexity index is 740. The lowest BCUT2D eigenvalue weighted by Gasteiger charge is -2.20. The van der Waals surface area contributed by atoms with Crippen molar-refractivity contribution in [2.75, 3.05) is 0 Å². The molecule has 1 fully saturated rings. The van der Waals surface area contributed by atoms with Crippen molar-refractivity contribution in [2.24, 2.45) is 5.92 Å². The number of Topliss-reactive ketones (excluding diaryl/α,β-unsaturated/α-hetero) is 1. The van der Waals surface area contributed by atoms with Crippen molar-refractivity contribution < 1.29 is 9.90 Å². The summed E-state index contributed by atoms with van der Waals surface area (Å²) in [6.45, 7) is 8.46. The molecule has 2 atom stereocenters. The third-order valence-electron chi connectivity index (χ3n) is 5.11. The zero-order valence-electron chi connectivity index (χ0n) is 14.3. The van der Waals surface area contributed by atoms with Gasteiger partial charge in [-0.2, -0.15) is 0 Å². The quantitative estimate of drug-likeness (QED) is 0.823. The van der Waals surface area contributed by atoms with Crippen LogP contribution in [-0.2, 0) is 10.8 Å². The van der Waals surface area contributed by atoms with Crippen LogP contribution in [0.15, 0.2) is 48.5 Å². The molecular weight excluding hydrogens is 284 g/mol. The van der Waals surface area contributed by atoms with Crippen LogP contribution in [0.25, 0.3) is 0 Å². The molecule has 0 aromatic heterocycles. The number of carbonyl (C=O) groups excluding carboxylic acids is 1. The van der Waals surface area contributed by atoms with Crippen molar-refractivity contribution in [1.29, 1.82) is 0 Å². The summed E-state index contributed by atoms with van der Waals surface area (Å²) in [5, 5.41) is 10.2. The zero-order chi connectivity index (χ0) is 16.8. The zero-order valence-corrected chi connectivity index (χ0v) is 14.3. The van der Waals surface area contributed by atoms with E-state index in [9.17, 15) is 9.90 Å². The van der Waals surface area contributed by atoms with Gasteiger partial charge in [-0.15, -0.1) is 0 Å². The molecule has 0 heterocycles. The smallest absolute Gasteiger partial charge is 0.170 e. The Morgan fingerprint density at radius 2 is 1.78 bits per heavy atom. The van der Waals surface area contributed by atoms with Gasteiger partial charge in [-0.25, -0.2) is 0 Å². The second-order valence-corrected chi connectivity index (χ2v) is 7.89. The minimum atomic E-state index is -0.109. The molecule has 0 bridgehead atoms. The van der Waals surface area contributed by atoms with Gasteiger partial charge in [-0.05, 0) is 35.1 Å². The van der Waals surface area contributed by atoms with Gasteiger partial charge in [0.05, 0.1) is 5.56 Å². The van der Waals surface area contributed by atoms with E-state index in [4.69, 9.17) is 0 Å². The van der Waals surface area contributed by atoms with Crippen molar-refractivity contribution in [2.45, 2.75) is 44.9 Å². The molecular formula is C21H24O2. The van der Waals surface area contributed by atoms with Crippen LogP contribution in [-0.4, -0.2) is 10.9 Å². The van der Waals surface area contributed by atoms with Crippen molar-refractivity contribution >= 4 is 5.78 Å². The van der Waals surface area contributed by atoms with E-state index in [2.05, 4.69) is 39.8 Å². The van der Waals surface area contributed by atoms with Crippen LogP contribution in [0, 0.1) is 5.92 Å². The fourth-order valence-corrected chi connectivity index (χ4v) is 3.27. The van der Waals surface area contributed by atoms with Crippen LogP contribution in [0.2, 0.25) is 0 Å². The summed E-state index contributed by atoms with van der Waals surface area (Å²) in [4.78, 5) is 12.9. The average molecular weight is 308 g/mol. The van der Waals surface area contributed by atoms with Gasteiger partial charge in [0, 0.05) is 11.3 Å². The summed E-state index contributed by atoms with van der Waals surface area (Å²) in [5.74, 6) is 0.0938. The molecule has 0 spiro atoms. The highest BCUT2D eigenvalue weighted by molar-refractivity contribution is 6.03. The van der Waals surface area contributed by atoms with E-state index in [0.29, 0.717) is 5.56 Å². The molecule has 23 heavy (non-hydrogen) atoms. The molecule has 0 amide bonds. The molecule has 0 aliphatic heterocycles. The van der Waals surface area contributed by atoms with Crippen molar-refractivity contribution in [1.82, 2.24) is 0 Å². The summed E-state index contributed by atoms with van der Waals surface area (Å²) >= 11 is 0. The normalized spacial score (nSPS) is 23.6. The first kappa shape index (κ1) is 15.8. The van der Waals surface area contributed by atoms with Gasteiger partial charge in [-0.3, -0.25) is 4.79 Å². The van der Waals surface area contributed by atoms with Gasteiger partial charge in [0.15, 0.2) is 5.78 Å². The molecule has 2 aromatic carbocycles. The highest BCUT2D eigenvalue weighted by Crippen LogP contribution is 2.55. The Morgan fingerprint density at radius 3 is 2.39 bits per heavy atom. The number of rotatable bonds is 3. The van der Waals surface area contributed by atoms with Crippen LogP contribution in [0.1, 0.15) is 55.6 Å². The number of aromatic hydroxyl groups is 1. The summed E-state index contributed by atoms with van der Waals surface area (Å²) < 4.78 is 0. The topological polar surface area (TPSA) is 37.3 Å². The van der Waals surface area contributed by atoms with E-state index >= 15 is 0 Å². The predicted molar refractivity (Wildman–Crippen MR) is 93.0 cm³/mol. The van der Waals surface area contributed by atoms with Crippen LogP contribution >= 0.6 is 0 Å². The Labute approximate surface area is 138 Å². The summed E-state index contributed by atoms with van der Waals surface area (Å²) in [7, 11) is 0. The standard InChI is InChI=1S/C21H24O2/c1-20(2,3)15-10-11-18(22)16(12-15)19(23)17-13-21(17,4)14-8-6-5-7-9-14/h5-12,17,22H,13H2,1-4H3/t17-,21-/m1/s1. The number of hydrogen-bond acceptors (Lipinski definition) is 2. The van der Waals surface area contributed by atoms with E-state index in [-0.39, 0.29) is 28.3 Å². The number of carbonyl (C=O) groups is 1. The fourth-order valence-electron chi connectivity index (χ4n) is 3.27. The molecule has 3 rings (SSSR count). The number of phenols is 1. The van der Waals surface area contributed by atoms with Crippen LogP contribution in [0.4, 0.5) is 0 Å². The van der Waals surface area contributed by atoms with E-state index < -0.39 is 0 Å². The largest absolute Gasteiger partial charge is 0.507 e. The summed E-state index contributed by atoms with van der Waals surface area (Å²) in [6.07, 6.45) is 0.842. The third-order valence-corrected chi connectivity index (χ3v) is 5.11. The van der Waals surface area contributed by atoms with Crippen LogP contribution in [0.3, 0.4) is 0 Å². The molecule has 2 nitrogen and oxygen atoms in total. The maximum Gasteiger partial charge on any atom is 0.170 e. The van der Waals surface area contributed by atoms with E-state index in [1.165, 1.54) is 5.56 Å². The first-order chi connectivity index (χ1) is 10.7. The van der Waals surface area contributed by atoms with Gasteiger partial charge in [0.1, 0.15) is 5.75 Å². The van der Waals surface area contributed by atoms with E-state index in [1.54, 1.807) is 6.07 Å². The second kappa shape index (κ2) is 5.23. The maximum absolute atomic E-state index is 12.9. The predicted octanol–water partition coefficient (Wildman–Crippen LogP) is 4.85. The molecule has 1 saturated carbocycles. The van der Waals surface area contributed by atoms with Gasteiger partial charge in [0.2, 0.25) is 0 Å².